The first-order valence-electron chi connectivity index (χ1n) is 7.55. The average molecular weight is 348 g/mol. The molecule has 24 heavy (non-hydrogen) atoms. The maximum atomic E-state index is 13.6. The monoisotopic (exact) mass is 348 g/mol. The molecule has 0 spiro atoms. The number of halogens is 3. The van der Waals surface area contributed by atoms with Crippen molar-refractivity contribution in [2.45, 2.75) is 56.5 Å². The summed E-state index contributed by atoms with van der Waals surface area (Å²) in [5.41, 5.74) is -2.66. The van der Waals surface area contributed by atoms with Crippen molar-refractivity contribution in [2.75, 3.05) is 6.61 Å². The normalized spacial score (nSPS) is 35.7. The topological polar surface area (TPSA) is 57.2 Å². The third-order valence-corrected chi connectivity index (χ3v) is 4.09. The SMILES string of the molecule is CC1(C)OC2[C@@H](CO[C@@H](OCc3ccccc3)C2(O)C(F)(F)F)O1. The van der Waals surface area contributed by atoms with E-state index in [1.807, 2.05) is 0 Å². The van der Waals surface area contributed by atoms with E-state index in [1.165, 1.54) is 13.8 Å². The molecule has 8 heteroatoms. The van der Waals surface area contributed by atoms with Gasteiger partial charge in [-0.2, -0.15) is 13.2 Å². The van der Waals surface area contributed by atoms with E-state index in [0.29, 0.717) is 5.56 Å². The van der Waals surface area contributed by atoms with Crippen LogP contribution in [0.1, 0.15) is 19.4 Å². The van der Waals surface area contributed by atoms with Gasteiger partial charge in [0.2, 0.25) is 5.60 Å². The molecule has 2 aliphatic heterocycles. The van der Waals surface area contributed by atoms with E-state index in [1.54, 1.807) is 30.3 Å². The van der Waals surface area contributed by atoms with Gasteiger partial charge in [0, 0.05) is 0 Å². The van der Waals surface area contributed by atoms with Crippen LogP contribution in [0.25, 0.3) is 0 Å². The lowest BCUT2D eigenvalue weighted by Gasteiger charge is -2.44. The van der Waals surface area contributed by atoms with Crippen molar-refractivity contribution in [2.24, 2.45) is 0 Å². The van der Waals surface area contributed by atoms with Crippen molar-refractivity contribution in [3.8, 4) is 0 Å². The molecule has 0 aliphatic carbocycles. The van der Waals surface area contributed by atoms with E-state index in [9.17, 15) is 18.3 Å². The number of fused-ring (bicyclic) bond motifs is 1. The van der Waals surface area contributed by atoms with E-state index in [4.69, 9.17) is 18.9 Å². The largest absolute Gasteiger partial charge is 0.425 e. The summed E-state index contributed by atoms with van der Waals surface area (Å²) >= 11 is 0. The fourth-order valence-corrected chi connectivity index (χ4v) is 2.99. The highest BCUT2D eigenvalue weighted by molar-refractivity contribution is 5.14. The number of alkyl halides is 3. The Balaban J connectivity index is 1.83. The Hall–Kier alpha value is -1.19. The molecule has 0 bridgehead atoms. The molecule has 5 nitrogen and oxygen atoms in total. The van der Waals surface area contributed by atoms with Gasteiger partial charge < -0.3 is 24.1 Å². The predicted octanol–water partition coefficient (Wildman–Crippen LogP) is 2.37. The predicted molar refractivity (Wildman–Crippen MR) is 75.8 cm³/mol. The number of benzene rings is 1. The second-order valence-corrected chi connectivity index (χ2v) is 6.38. The first-order valence-corrected chi connectivity index (χ1v) is 7.55. The number of hydrogen-bond acceptors (Lipinski definition) is 5. The Morgan fingerprint density at radius 2 is 1.88 bits per heavy atom. The van der Waals surface area contributed by atoms with Gasteiger partial charge in [-0.05, 0) is 19.4 Å². The van der Waals surface area contributed by atoms with Gasteiger partial charge in [-0.25, -0.2) is 0 Å². The van der Waals surface area contributed by atoms with Crippen LogP contribution in [0.5, 0.6) is 0 Å². The van der Waals surface area contributed by atoms with Crippen molar-refractivity contribution >= 4 is 0 Å². The summed E-state index contributed by atoms with van der Waals surface area (Å²) in [7, 11) is 0. The molecule has 2 unspecified atom stereocenters. The molecule has 4 atom stereocenters. The van der Waals surface area contributed by atoms with Crippen LogP contribution < -0.4 is 0 Å². The molecule has 0 aromatic heterocycles. The third-order valence-electron chi connectivity index (χ3n) is 4.09. The molecule has 0 saturated carbocycles. The minimum Gasteiger partial charge on any atom is -0.375 e. The molecule has 0 radical (unpaired) electrons. The molecule has 2 aliphatic rings. The molecule has 1 aromatic rings. The average Bonchev–Trinajstić information content (AvgIpc) is 2.82. The molecule has 2 saturated heterocycles. The number of aliphatic hydroxyl groups is 1. The van der Waals surface area contributed by atoms with E-state index >= 15 is 0 Å². The Morgan fingerprint density at radius 3 is 2.50 bits per heavy atom. The molecule has 1 N–H and O–H groups in total. The first kappa shape index (κ1) is 17.6. The van der Waals surface area contributed by atoms with Gasteiger partial charge in [0.15, 0.2) is 12.1 Å². The van der Waals surface area contributed by atoms with Crippen LogP contribution in [0.15, 0.2) is 30.3 Å². The van der Waals surface area contributed by atoms with E-state index in [-0.39, 0.29) is 13.2 Å². The maximum absolute atomic E-state index is 13.6. The van der Waals surface area contributed by atoms with Gasteiger partial charge in [0.25, 0.3) is 0 Å². The van der Waals surface area contributed by atoms with Gasteiger partial charge in [-0.1, -0.05) is 30.3 Å². The molecule has 3 rings (SSSR count). The van der Waals surface area contributed by atoms with Crippen LogP contribution in [-0.2, 0) is 25.6 Å². The number of rotatable bonds is 3. The zero-order chi connectivity index (χ0) is 17.6. The summed E-state index contributed by atoms with van der Waals surface area (Å²) in [5.74, 6) is -1.24. The van der Waals surface area contributed by atoms with Crippen molar-refractivity contribution in [1.29, 1.82) is 0 Å². The second kappa shape index (κ2) is 5.96. The van der Waals surface area contributed by atoms with Crippen LogP contribution in [0.2, 0.25) is 0 Å². The Bertz CT molecular complexity index is 577. The third kappa shape index (κ3) is 3.04. The van der Waals surface area contributed by atoms with Gasteiger partial charge in [-0.15, -0.1) is 0 Å². The fourth-order valence-electron chi connectivity index (χ4n) is 2.99. The van der Waals surface area contributed by atoms with Crippen LogP contribution in [0, 0.1) is 0 Å². The summed E-state index contributed by atoms with van der Waals surface area (Å²) in [6, 6.07) is 8.67. The zero-order valence-corrected chi connectivity index (χ0v) is 13.2. The Morgan fingerprint density at radius 1 is 1.21 bits per heavy atom. The number of ether oxygens (including phenoxy) is 4. The van der Waals surface area contributed by atoms with Crippen LogP contribution in [0.3, 0.4) is 0 Å². The van der Waals surface area contributed by atoms with Gasteiger partial charge in [-0.3, -0.25) is 0 Å². The van der Waals surface area contributed by atoms with E-state index in [0.717, 1.165) is 0 Å². The van der Waals surface area contributed by atoms with Gasteiger partial charge in [0.05, 0.1) is 13.2 Å². The van der Waals surface area contributed by atoms with Crippen LogP contribution in [0.4, 0.5) is 13.2 Å². The van der Waals surface area contributed by atoms with Crippen LogP contribution in [-0.4, -0.2) is 47.8 Å². The van der Waals surface area contributed by atoms with Gasteiger partial charge >= 0.3 is 6.18 Å². The summed E-state index contributed by atoms with van der Waals surface area (Å²) in [4.78, 5) is 0. The lowest BCUT2D eigenvalue weighted by atomic mass is 9.89. The lowest BCUT2D eigenvalue weighted by Crippen LogP contribution is -2.69. The molecular weight excluding hydrogens is 329 g/mol. The first-order chi connectivity index (χ1) is 11.1. The second-order valence-electron chi connectivity index (χ2n) is 6.38. The molecule has 1 aromatic carbocycles. The molecule has 2 fully saturated rings. The van der Waals surface area contributed by atoms with Crippen LogP contribution >= 0.6 is 0 Å². The van der Waals surface area contributed by atoms with E-state index < -0.39 is 36.1 Å². The van der Waals surface area contributed by atoms with Crippen molar-refractivity contribution in [1.82, 2.24) is 0 Å². The van der Waals surface area contributed by atoms with E-state index in [2.05, 4.69) is 0 Å². The molecule has 2 heterocycles. The Kier molecular flexibility index (Phi) is 4.38. The minimum atomic E-state index is -5.01. The van der Waals surface area contributed by atoms with Gasteiger partial charge in [0.1, 0.15) is 12.2 Å². The highest BCUT2D eigenvalue weighted by Crippen LogP contribution is 2.47. The summed E-state index contributed by atoms with van der Waals surface area (Å²) < 4.78 is 62.1. The maximum Gasteiger partial charge on any atom is 0.425 e. The van der Waals surface area contributed by atoms with Crippen molar-refractivity contribution in [3.63, 3.8) is 0 Å². The smallest absolute Gasteiger partial charge is 0.375 e. The fraction of sp³-hybridized carbons (Fsp3) is 0.625. The standard InChI is InChI=1S/C16H19F3O5/c1-14(2)23-11-9-22-13(21-8-10-6-4-3-5-7-10)15(20,12(11)24-14)16(17,18)19/h3-7,11-13,20H,8-9H2,1-2H3/t11-,12?,13-,15?/m1/s1. The molecule has 134 valence electrons. The molecule has 0 amide bonds. The lowest BCUT2D eigenvalue weighted by molar-refractivity contribution is -0.390. The minimum absolute atomic E-state index is 0.133. The zero-order valence-electron chi connectivity index (χ0n) is 13.2. The Labute approximate surface area is 137 Å². The summed E-state index contributed by atoms with van der Waals surface area (Å²) in [5, 5.41) is 10.5. The quantitative estimate of drug-likeness (QED) is 0.909. The molecular formula is C16H19F3O5. The van der Waals surface area contributed by atoms with Crippen molar-refractivity contribution in [3.05, 3.63) is 35.9 Å². The summed E-state index contributed by atoms with van der Waals surface area (Å²) in [6.45, 7) is 2.68. The highest BCUT2D eigenvalue weighted by Gasteiger charge is 2.72. The summed E-state index contributed by atoms with van der Waals surface area (Å²) in [6.07, 6.45) is -9.57. The highest BCUT2D eigenvalue weighted by atomic mass is 19.4. The van der Waals surface area contributed by atoms with Crippen molar-refractivity contribution < 1.29 is 37.2 Å². The number of hydrogen-bond donors (Lipinski definition) is 1.